The molecule has 3 N–H and O–H groups in total. The molecule has 5 nitrogen and oxygen atoms in total. The Labute approximate surface area is 117 Å². The molecule has 0 radical (unpaired) electrons. The van der Waals surface area contributed by atoms with Crippen molar-refractivity contribution in [2.24, 2.45) is 0 Å². The van der Waals surface area contributed by atoms with Gasteiger partial charge in [-0.3, -0.25) is 4.79 Å². The number of phenols is 1. The Hall–Kier alpha value is -2.04. The smallest absolute Gasteiger partial charge is 0.329 e. The molecule has 1 aromatic rings. The fourth-order valence-corrected chi connectivity index (χ4v) is 2.67. The van der Waals surface area contributed by atoms with E-state index in [9.17, 15) is 19.8 Å². The summed E-state index contributed by atoms with van der Waals surface area (Å²) in [6, 6.07) is 6.15. The summed E-state index contributed by atoms with van der Waals surface area (Å²) in [6.07, 6.45) is 4.41. The maximum atomic E-state index is 12.2. The van der Waals surface area contributed by atoms with Crippen molar-refractivity contribution in [3.63, 3.8) is 0 Å². The van der Waals surface area contributed by atoms with E-state index in [1.807, 2.05) is 0 Å². The summed E-state index contributed by atoms with van der Waals surface area (Å²) in [5, 5.41) is 21.8. The van der Waals surface area contributed by atoms with Crippen LogP contribution in [-0.2, 0) is 4.79 Å². The van der Waals surface area contributed by atoms with Crippen LogP contribution in [-0.4, -0.2) is 27.6 Å². The molecular formula is C15H19NO4. The molecule has 5 heteroatoms. The third kappa shape index (κ3) is 2.92. The second-order valence-electron chi connectivity index (χ2n) is 5.27. The molecule has 0 unspecified atom stereocenters. The highest BCUT2D eigenvalue weighted by Gasteiger charge is 2.40. The molecule has 0 atom stereocenters. The fraction of sp³-hybridized carbons (Fsp3) is 0.467. The van der Waals surface area contributed by atoms with E-state index in [-0.39, 0.29) is 11.3 Å². The molecule has 1 aliphatic carbocycles. The number of aromatic hydroxyl groups is 1. The average Bonchev–Trinajstić information content (AvgIpc) is 2.65. The van der Waals surface area contributed by atoms with Gasteiger partial charge in [0.05, 0.1) is 5.56 Å². The molecule has 0 aliphatic heterocycles. The number of amides is 1. The van der Waals surface area contributed by atoms with E-state index in [0.717, 1.165) is 25.7 Å². The van der Waals surface area contributed by atoms with Crippen LogP contribution in [0.3, 0.4) is 0 Å². The Kier molecular flexibility index (Phi) is 4.27. The number of rotatable bonds is 3. The second kappa shape index (κ2) is 5.94. The third-order valence-electron chi connectivity index (χ3n) is 3.87. The number of aliphatic carboxylic acids is 1. The lowest BCUT2D eigenvalue weighted by molar-refractivity contribution is -0.145. The Morgan fingerprint density at radius 2 is 1.65 bits per heavy atom. The number of para-hydroxylation sites is 1. The Morgan fingerprint density at radius 3 is 2.20 bits per heavy atom. The summed E-state index contributed by atoms with van der Waals surface area (Å²) in [7, 11) is 0. The van der Waals surface area contributed by atoms with Crippen LogP contribution in [0.5, 0.6) is 5.75 Å². The predicted octanol–water partition coefficient (Wildman–Crippen LogP) is 2.30. The Balaban J connectivity index is 2.22. The van der Waals surface area contributed by atoms with Gasteiger partial charge in [0.1, 0.15) is 11.3 Å². The molecule has 0 heterocycles. The zero-order valence-electron chi connectivity index (χ0n) is 11.3. The first-order valence-electron chi connectivity index (χ1n) is 6.89. The molecule has 0 spiro atoms. The van der Waals surface area contributed by atoms with Gasteiger partial charge in [-0.1, -0.05) is 37.8 Å². The van der Waals surface area contributed by atoms with Gasteiger partial charge in [0.2, 0.25) is 0 Å². The van der Waals surface area contributed by atoms with Gasteiger partial charge in [-0.05, 0) is 25.0 Å². The first-order valence-corrected chi connectivity index (χ1v) is 6.89. The number of hydrogen-bond donors (Lipinski definition) is 3. The molecule has 1 aliphatic rings. The number of phenolic OH excluding ortho intramolecular Hbond substituents is 1. The maximum absolute atomic E-state index is 12.2. The lowest BCUT2D eigenvalue weighted by atomic mass is 9.89. The molecule has 0 aromatic heterocycles. The number of benzene rings is 1. The van der Waals surface area contributed by atoms with Gasteiger partial charge in [-0.2, -0.15) is 0 Å². The van der Waals surface area contributed by atoms with Crippen LogP contribution in [0.25, 0.3) is 0 Å². The quantitative estimate of drug-likeness (QED) is 0.740. The van der Waals surface area contributed by atoms with Crippen molar-refractivity contribution >= 4 is 11.9 Å². The number of carbonyl (C=O) groups is 2. The van der Waals surface area contributed by atoms with Gasteiger partial charge in [0, 0.05) is 0 Å². The minimum Gasteiger partial charge on any atom is -0.507 e. The summed E-state index contributed by atoms with van der Waals surface area (Å²) in [4.78, 5) is 23.8. The number of carboxylic acid groups (broad SMARTS) is 1. The van der Waals surface area contributed by atoms with E-state index in [4.69, 9.17) is 0 Å². The van der Waals surface area contributed by atoms with Crippen LogP contribution in [0.1, 0.15) is 48.9 Å². The highest BCUT2D eigenvalue weighted by atomic mass is 16.4. The average molecular weight is 277 g/mol. The standard InChI is InChI=1S/C15H19NO4/c17-12-8-4-3-7-11(12)13(18)16-15(14(19)20)9-5-1-2-6-10-15/h3-4,7-8,17H,1-2,5-6,9-10H2,(H,16,18)(H,19,20). The van der Waals surface area contributed by atoms with E-state index >= 15 is 0 Å². The number of carboxylic acids is 1. The molecule has 0 bridgehead atoms. The number of hydrogen-bond acceptors (Lipinski definition) is 3. The SMILES string of the molecule is O=C(NC1(C(=O)O)CCCCCC1)c1ccccc1O. The number of carbonyl (C=O) groups excluding carboxylic acids is 1. The van der Waals surface area contributed by atoms with Crippen molar-refractivity contribution in [3.8, 4) is 5.75 Å². The molecule has 2 rings (SSSR count). The van der Waals surface area contributed by atoms with Crippen molar-refractivity contribution in [1.29, 1.82) is 0 Å². The second-order valence-corrected chi connectivity index (χ2v) is 5.27. The van der Waals surface area contributed by atoms with E-state index in [1.54, 1.807) is 12.1 Å². The summed E-state index contributed by atoms with van der Waals surface area (Å²) in [6.45, 7) is 0. The van der Waals surface area contributed by atoms with Gasteiger partial charge in [0.15, 0.2) is 0 Å². The monoisotopic (exact) mass is 277 g/mol. The summed E-state index contributed by atoms with van der Waals surface area (Å²) in [5.41, 5.74) is -1.10. The summed E-state index contributed by atoms with van der Waals surface area (Å²) in [5.74, 6) is -1.67. The van der Waals surface area contributed by atoms with Gasteiger partial charge in [-0.25, -0.2) is 4.79 Å². The Morgan fingerprint density at radius 1 is 1.05 bits per heavy atom. The summed E-state index contributed by atoms with van der Waals surface area (Å²) < 4.78 is 0. The largest absolute Gasteiger partial charge is 0.507 e. The Bertz CT molecular complexity index is 504. The zero-order chi connectivity index (χ0) is 14.6. The molecule has 1 saturated carbocycles. The lowest BCUT2D eigenvalue weighted by Gasteiger charge is -2.29. The molecule has 20 heavy (non-hydrogen) atoms. The van der Waals surface area contributed by atoms with Crippen molar-refractivity contribution < 1.29 is 19.8 Å². The van der Waals surface area contributed by atoms with Crippen LogP contribution in [0.2, 0.25) is 0 Å². The highest BCUT2D eigenvalue weighted by molar-refractivity contribution is 5.99. The molecule has 0 saturated heterocycles. The zero-order valence-corrected chi connectivity index (χ0v) is 11.3. The number of nitrogens with one attached hydrogen (secondary N) is 1. The predicted molar refractivity (Wildman–Crippen MR) is 73.6 cm³/mol. The molecule has 1 aromatic carbocycles. The van der Waals surface area contributed by atoms with Crippen LogP contribution in [0.4, 0.5) is 0 Å². The van der Waals surface area contributed by atoms with Crippen molar-refractivity contribution in [1.82, 2.24) is 5.32 Å². The molecule has 108 valence electrons. The van der Waals surface area contributed by atoms with E-state index < -0.39 is 17.4 Å². The molecular weight excluding hydrogens is 258 g/mol. The minimum atomic E-state index is -1.21. The first kappa shape index (κ1) is 14.4. The van der Waals surface area contributed by atoms with Crippen LogP contribution >= 0.6 is 0 Å². The van der Waals surface area contributed by atoms with Crippen molar-refractivity contribution in [2.45, 2.75) is 44.1 Å². The maximum Gasteiger partial charge on any atom is 0.329 e. The van der Waals surface area contributed by atoms with E-state index in [0.29, 0.717) is 12.8 Å². The first-order chi connectivity index (χ1) is 9.55. The highest BCUT2D eigenvalue weighted by Crippen LogP contribution is 2.28. The molecule has 1 amide bonds. The summed E-state index contributed by atoms with van der Waals surface area (Å²) >= 11 is 0. The topological polar surface area (TPSA) is 86.6 Å². The van der Waals surface area contributed by atoms with Gasteiger partial charge >= 0.3 is 5.97 Å². The normalized spacial score (nSPS) is 18.0. The van der Waals surface area contributed by atoms with Crippen LogP contribution in [0.15, 0.2) is 24.3 Å². The molecule has 1 fully saturated rings. The van der Waals surface area contributed by atoms with Gasteiger partial charge in [0.25, 0.3) is 5.91 Å². The van der Waals surface area contributed by atoms with Crippen LogP contribution < -0.4 is 5.32 Å². The van der Waals surface area contributed by atoms with Crippen LogP contribution in [0, 0.1) is 0 Å². The van der Waals surface area contributed by atoms with Gasteiger partial charge < -0.3 is 15.5 Å². The van der Waals surface area contributed by atoms with E-state index in [2.05, 4.69) is 5.32 Å². The lowest BCUT2D eigenvalue weighted by Crippen LogP contribution is -2.54. The van der Waals surface area contributed by atoms with Crippen molar-refractivity contribution in [2.75, 3.05) is 0 Å². The minimum absolute atomic E-state index is 0.109. The fourth-order valence-electron chi connectivity index (χ4n) is 2.67. The third-order valence-corrected chi connectivity index (χ3v) is 3.87. The van der Waals surface area contributed by atoms with Crippen molar-refractivity contribution in [3.05, 3.63) is 29.8 Å². The van der Waals surface area contributed by atoms with E-state index in [1.165, 1.54) is 12.1 Å². The van der Waals surface area contributed by atoms with Gasteiger partial charge in [-0.15, -0.1) is 0 Å².